The van der Waals surface area contributed by atoms with Gasteiger partial charge in [0.05, 0.1) is 30.9 Å². The second kappa shape index (κ2) is 6.32. The van der Waals surface area contributed by atoms with E-state index in [9.17, 15) is 0 Å². The number of hydrogen-bond acceptors (Lipinski definition) is 3. The van der Waals surface area contributed by atoms with E-state index in [1.54, 1.807) is 14.2 Å². The van der Waals surface area contributed by atoms with E-state index in [0.717, 1.165) is 39.6 Å². The van der Waals surface area contributed by atoms with Crippen LogP contribution in [-0.4, -0.2) is 23.8 Å². The lowest BCUT2D eigenvalue weighted by Crippen LogP contribution is -1.99. The van der Waals surface area contributed by atoms with Crippen LogP contribution in [0.4, 0.5) is 0 Å². The molecule has 0 radical (unpaired) electrons. The molecular formula is C21H18N2O2. The molecule has 0 saturated carbocycles. The third-order valence-electron chi connectivity index (χ3n) is 4.19. The van der Waals surface area contributed by atoms with E-state index in [0.29, 0.717) is 0 Å². The molecule has 4 nitrogen and oxygen atoms in total. The zero-order chi connectivity index (χ0) is 17.2. The Bertz CT molecular complexity index is 1000. The highest BCUT2D eigenvalue weighted by molar-refractivity contribution is 5.83. The van der Waals surface area contributed by atoms with Crippen LogP contribution < -0.4 is 9.47 Å². The Hall–Kier alpha value is -3.27. The zero-order valence-electron chi connectivity index (χ0n) is 14.1. The van der Waals surface area contributed by atoms with E-state index in [4.69, 9.17) is 14.5 Å². The maximum atomic E-state index is 5.44. The van der Waals surface area contributed by atoms with Crippen LogP contribution in [0.5, 0.6) is 11.5 Å². The van der Waals surface area contributed by atoms with Gasteiger partial charge in [-0.3, -0.25) is 4.57 Å². The summed E-state index contributed by atoms with van der Waals surface area (Å²) in [5.41, 5.74) is 3.99. The first-order valence-electron chi connectivity index (χ1n) is 8.06. The summed E-state index contributed by atoms with van der Waals surface area (Å²) in [5, 5.41) is 0. The minimum Gasteiger partial charge on any atom is -0.497 e. The van der Waals surface area contributed by atoms with Crippen LogP contribution in [0.15, 0.2) is 72.8 Å². The van der Waals surface area contributed by atoms with E-state index < -0.39 is 0 Å². The third-order valence-corrected chi connectivity index (χ3v) is 4.19. The smallest absolute Gasteiger partial charge is 0.145 e. The van der Waals surface area contributed by atoms with Crippen molar-refractivity contribution >= 4 is 11.0 Å². The summed E-state index contributed by atoms with van der Waals surface area (Å²) in [6.07, 6.45) is 0. The molecule has 0 fully saturated rings. The summed E-state index contributed by atoms with van der Waals surface area (Å²) in [7, 11) is 3.31. The molecule has 4 aromatic rings. The largest absolute Gasteiger partial charge is 0.497 e. The van der Waals surface area contributed by atoms with E-state index in [-0.39, 0.29) is 0 Å². The van der Waals surface area contributed by atoms with Crippen molar-refractivity contribution in [3.8, 4) is 28.6 Å². The molecule has 0 unspecified atom stereocenters. The van der Waals surface area contributed by atoms with Crippen molar-refractivity contribution in [1.29, 1.82) is 0 Å². The minimum absolute atomic E-state index is 0.742. The van der Waals surface area contributed by atoms with Crippen molar-refractivity contribution in [3.63, 3.8) is 0 Å². The Morgan fingerprint density at radius 3 is 2.08 bits per heavy atom. The predicted octanol–water partition coefficient (Wildman–Crippen LogP) is 4.71. The van der Waals surface area contributed by atoms with Gasteiger partial charge >= 0.3 is 0 Å². The zero-order valence-corrected chi connectivity index (χ0v) is 14.1. The Balaban J connectivity index is 2.04. The van der Waals surface area contributed by atoms with Gasteiger partial charge in [-0.15, -0.1) is 0 Å². The van der Waals surface area contributed by atoms with E-state index in [1.165, 1.54) is 0 Å². The van der Waals surface area contributed by atoms with Crippen LogP contribution in [0.25, 0.3) is 28.1 Å². The first-order valence-corrected chi connectivity index (χ1v) is 8.06. The summed E-state index contributed by atoms with van der Waals surface area (Å²) in [4.78, 5) is 4.85. The van der Waals surface area contributed by atoms with Gasteiger partial charge in [0.1, 0.15) is 17.3 Å². The lowest BCUT2D eigenvalue weighted by molar-refractivity contribution is 0.394. The SMILES string of the molecule is COc1cc(OC)cc(-n2c(-c3ccccc3)nc3ccccc32)c1. The van der Waals surface area contributed by atoms with Gasteiger partial charge in [0.25, 0.3) is 0 Å². The number of imidazole rings is 1. The molecule has 1 heterocycles. The normalized spacial score (nSPS) is 10.8. The fourth-order valence-corrected chi connectivity index (χ4v) is 2.99. The van der Waals surface area contributed by atoms with Gasteiger partial charge in [0.15, 0.2) is 0 Å². The average molecular weight is 330 g/mol. The Kier molecular flexibility index (Phi) is 3.86. The number of nitrogens with zero attached hydrogens (tertiary/aromatic N) is 2. The number of fused-ring (bicyclic) bond motifs is 1. The monoisotopic (exact) mass is 330 g/mol. The molecule has 0 aliphatic heterocycles. The molecule has 0 amide bonds. The van der Waals surface area contributed by atoms with Gasteiger partial charge in [-0.25, -0.2) is 4.98 Å². The maximum Gasteiger partial charge on any atom is 0.145 e. The highest BCUT2D eigenvalue weighted by atomic mass is 16.5. The molecule has 0 bridgehead atoms. The van der Waals surface area contributed by atoms with E-state index in [2.05, 4.69) is 22.8 Å². The summed E-state index contributed by atoms with van der Waals surface area (Å²) in [6.45, 7) is 0. The van der Waals surface area contributed by atoms with Gasteiger partial charge in [-0.2, -0.15) is 0 Å². The van der Waals surface area contributed by atoms with Crippen LogP contribution in [0.1, 0.15) is 0 Å². The Morgan fingerprint density at radius 2 is 1.40 bits per heavy atom. The number of methoxy groups -OCH3 is 2. The highest BCUT2D eigenvalue weighted by Crippen LogP contribution is 2.32. The van der Waals surface area contributed by atoms with Crippen molar-refractivity contribution in [2.45, 2.75) is 0 Å². The fourth-order valence-electron chi connectivity index (χ4n) is 2.99. The number of benzene rings is 3. The van der Waals surface area contributed by atoms with Gasteiger partial charge in [-0.05, 0) is 12.1 Å². The van der Waals surface area contributed by atoms with Crippen LogP contribution in [-0.2, 0) is 0 Å². The summed E-state index contributed by atoms with van der Waals surface area (Å²) in [6, 6.07) is 24.1. The number of hydrogen-bond donors (Lipinski definition) is 0. The lowest BCUT2D eigenvalue weighted by atomic mass is 10.2. The van der Waals surface area contributed by atoms with E-state index in [1.807, 2.05) is 54.6 Å². The van der Waals surface area contributed by atoms with Gasteiger partial charge < -0.3 is 9.47 Å². The maximum absolute atomic E-state index is 5.44. The van der Waals surface area contributed by atoms with Crippen molar-refractivity contribution in [1.82, 2.24) is 9.55 Å². The molecule has 0 spiro atoms. The number of rotatable bonds is 4. The molecule has 124 valence electrons. The number of para-hydroxylation sites is 2. The molecule has 0 aliphatic rings. The quantitative estimate of drug-likeness (QED) is 0.544. The van der Waals surface area contributed by atoms with Gasteiger partial charge in [0.2, 0.25) is 0 Å². The molecule has 0 aliphatic carbocycles. The molecular weight excluding hydrogens is 312 g/mol. The lowest BCUT2D eigenvalue weighted by Gasteiger charge is -2.13. The second-order valence-electron chi connectivity index (χ2n) is 5.70. The number of aromatic nitrogens is 2. The number of ether oxygens (including phenoxy) is 2. The summed E-state index contributed by atoms with van der Waals surface area (Å²) < 4.78 is 13.0. The van der Waals surface area contributed by atoms with Crippen molar-refractivity contribution in [2.75, 3.05) is 14.2 Å². The molecule has 1 aromatic heterocycles. The topological polar surface area (TPSA) is 36.3 Å². The molecule has 0 atom stereocenters. The molecule has 4 rings (SSSR count). The molecule has 4 heteroatoms. The summed E-state index contributed by atoms with van der Waals surface area (Å²) >= 11 is 0. The first kappa shape index (κ1) is 15.3. The fraction of sp³-hybridized carbons (Fsp3) is 0.0952. The third kappa shape index (κ3) is 2.72. The second-order valence-corrected chi connectivity index (χ2v) is 5.70. The first-order chi connectivity index (χ1) is 12.3. The molecule has 25 heavy (non-hydrogen) atoms. The van der Waals surface area contributed by atoms with E-state index >= 15 is 0 Å². The highest BCUT2D eigenvalue weighted by Gasteiger charge is 2.15. The van der Waals surface area contributed by atoms with Crippen LogP contribution >= 0.6 is 0 Å². The van der Waals surface area contributed by atoms with Gasteiger partial charge in [-0.1, -0.05) is 42.5 Å². The summed E-state index contributed by atoms with van der Waals surface area (Å²) in [5.74, 6) is 2.37. The van der Waals surface area contributed by atoms with Crippen LogP contribution in [0.3, 0.4) is 0 Å². The standard InChI is InChI=1S/C21H18N2O2/c1-24-17-12-16(13-18(14-17)25-2)23-20-11-7-6-10-19(20)22-21(23)15-8-4-3-5-9-15/h3-14H,1-2H3. The van der Waals surface area contributed by atoms with Crippen LogP contribution in [0, 0.1) is 0 Å². The Morgan fingerprint density at radius 1 is 0.760 bits per heavy atom. The molecule has 3 aromatic carbocycles. The molecule has 0 N–H and O–H groups in total. The molecule has 0 saturated heterocycles. The van der Waals surface area contributed by atoms with Crippen LogP contribution in [0.2, 0.25) is 0 Å². The van der Waals surface area contributed by atoms with Crippen molar-refractivity contribution in [2.24, 2.45) is 0 Å². The van der Waals surface area contributed by atoms with Crippen molar-refractivity contribution < 1.29 is 9.47 Å². The van der Waals surface area contributed by atoms with Crippen molar-refractivity contribution in [3.05, 3.63) is 72.8 Å². The average Bonchev–Trinajstić information content (AvgIpc) is 3.07. The minimum atomic E-state index is 0.742. The van der Waals surface area contributed by atoms with Gasteiger partial charge in [0, 0.05) is 23.8 Å². The predicted molar refractivity (Wildman–Crippen MR) is 99.6 cm³/mol. The Labute approximate surface area is 146 Å².